The van der Waals surface area contributed by atoms with Crippen molar-refractivity contribution in [1.29, 1.82) is 10.5 Å². The quantitative estimate of drug-likeness (QED) is 0.775. The second kappa shape index (κ2) is 9.19. The smallest absolute Gasteiger partial charge is 0.181 e. The van der Waals surface area contributed by atoms with Gasteiger partial charge in [-0.15, -0.1) is 0 Å². The standard InChI is InChI=1S/C11H11FN2O.C10H9FN2O2/c1-14-10-8(6-13)11-7(5-9(10)12)3-2-4-15-11;1-13-9-6(5-12)10-8(4-7(9)11)14-2-3-15-10/h5,14H,2-4H2,1H3;4,13H,2-3H2,1H3. The van der Waals surface area contributed by atoms with Crippen LogP contribution in [0.25, 0.3) is 0 Å². The number of aryl methyl sites for hydroxylation is 1. The Labute approximate surface area is 172 Å². The normalized spacial score (nSPS) is 13.4. The van der Waals surface area contributed by atoms with Gasteiger partial charge in [-0.05, 0) is 24.5 Å². The molecule has 4 rings (SSSR count). The van der Waals surface area contributed by atoms with Gasteiger partial charge in [0.15, 0.2) is 17.3 Å². The lowest BCUT2D eigenvalue weighted by atomic mass is 10.0. The number of hydrogen-bond donors (Lipinski definition) is 2. The number of ether oxygens (including phenoxy) is 3. The summed E-state index contributed by atoms with van der Waals surface area (Å²) in [5.41, 5.74) is 1.56. The highest BCUT2D eigenvalue weighted by atomic mass is 19.1. The van der Waals surface area contributed by atoms with Crippen molar-refractivity contribution in [3.63, 3.8) is 0 Å². The fraction of sp³-hybridized carbons (Fsp3) is 0.333. The van der Waals surface area contributed by atoms with Crippen LogP contribution in [0.1, 0.15) is 23.1 Å². The van der Waals surface area contributed by atoms with Crippen LogP contribution in [0.3, 0.4) is 0 Å². The Morgan fingerprint density at radius 1 is 0.833 bits per heavy atom. The molecule has 0 saturated heterocycles. The van der Waals surface area contributed by atoms with Gasteiger partial charge in [-0.2, -0.15) is 10.5 Å². The van der Waals surface area contributed by atoms with Crippen molar-refractivity contribution >= 4 is 11.4 Å². The van der Waals surface area contributed by atoms with E-state index < -0.39 is 11.6 Å². The molecule has 2 aliphatic rings. The average Bonchev–Trinajstić information content (AvgIpc) is 2.77. The fourth-order valence-electron chi connectivity index (χ4n) is 3.33. The first-order valence-corrected chi connectivity index (χ1v) is 9.31. The van der Waals surface area contributed by atoms with E-state index in [-0.39, 0.29) is 28.3 Å². The van der Waals surface area contributed by atoms with Crippen LogP contribution < -0.4 is 24.8 Å². The van der Waals surface area contributed by atoms with Crippen molar-refractivity contribution in [2.24, 2.45) is 0 Å². The van der Waals surface area contributed by atoms with E-state index in [1.54, 1.807) is 14.1 Å². The molecule has 156 valence electrons. The maximum absolute atomic E-state index is 13.6. The summed E-state index contributed by atoms with van der Waals surface area (Å²) < 4.78 is 42.9. The van der Waals surface area contributed by atoms with Crippen LogP contribution in [0, 0.1) is 34.3 Å². The van der Waals surface area contributed by atoms with Crippen LogP contribution in [0.4, 0.5) is 20.2 Å². The van der Waals surface area contributed by atoms with Gasteiger partial charge in [-0.25, -0.2) is 8.78 Å². The van der Waals surface area contributed by atoms with E-state index in [2.05, 4.69) is 10.6 Å². The molecule has 9 heteroatoms. The van der Waals surface area contributed by atoms with E-state index in [4.69, 9.17) is 24.7 Å². The van der Waals surface area contributed by atoms with E-state index in [1.165, 1.54) is 12.1 Å². The molecule has 0 aromatic heterocycles. The lowest BCUT2D eigenvalue weighted by Gasteiger charge is -2.20. The van der Waals surface area contributed by atoms with Crippen molar-refractivity contribution in [1.82, 2.24) is 0 Å². The van der Waals surface area contributed by atoms with Gasteiger partial charge in [-0.1, -0.05) is 0 Å². The average molecular weight is 414 g/mol. The van der Waals surface area contributed by atoms with Gasteiger partial charge in [-0.3, -0.25) is 0 Å². The summed E-state index contributed by atoms with van der Waals surface area (Å²) in [7, 11) is 3.14. The summed E-state index contributed by atoms with van der Waals surface area (Å²) in [4.78, 5) is 0. The van der Waals surface area contributed by atoms with Gasteiger partial charge < -0.3 is 24.8 Å². The number of nitrogens with one attached hydrogen (secondary N) is 2. The van der Waals surface area contributed by atoms with Crippen molar-refractivity contribution in [2.75, 3.05) is 44.5 Å². The maximum atomic E-state index is 13.6. The summed E-state index contributed by atoms with van der Waals surface area (Å²) >= 11 is 0. The molecule has 2 aliphatic heterocycles. The molecule has 0 atom stereocenters. The molecule has 30 heavy (non-hydrogen) atoms. The number of nitriles is 2. The molecular formula is C21H20F2N4O3. The van der Waals surface area contributed by atoms with Crippen LogP contribution in [-0.2, 0) is 6.42 Å². The number of hydrogen-bond acceptors (Lipinski definition) is 7. The van der Waals surface area contributed by atoms with Crippen LogP contribution in [0.5, 0.6) is 17.2 Å². The van der Waals surface area contributed by atoms with Gasteiger partial charge in [0.25, 0.3) is 0 Å². The molecule has 0 fully saturated rings. The molecule has 7 nitrogen and oxygen atoms in total. The zero-order valence-corrected chi connectivity index (χ0v) is 16.6. The van der Waals surface area contributed by atoms with Crippen LogP contribution in [0.15, 0.2) is 12.1 Å². The van der Waals surface area contributed by atoms with Crippen LogP contribution >= 0.6 is 0 Å². The molecule has 2 aromatic carbocycles. The lowest BCUT2D eigenvalue weighted by molar-refractivity contribution is 0.170. The van der Waals surface area contributed by atoms with Crippen molar-refractivity contribution in [2.45, 2.75) is 12.8 Å². The largest absolute Gasteiger partial charge is 0.492 e. The summed E-state index contributed by atoms with van der Waals surface area (Å²) in [5.74, 6) is 0.231. The molecule has 0 spiro atoms. The summed E-state index contributed by atoms with van der Waals surface area (Å²) in [6, 6.07) is 6.56. The van der Waals surface area contributed by atoms with E-state index >= 15 is 0 Å². The molecule has 0 bridgehead atoms. The van der Waals surface area contributed by atoms with E-state index in [1.807, 2.05) is 12.1 Å². The van der Waals surface area contributed by atoms with E-state index in [0.29, 0.717) is 31.3 Å². The highest BCUT2D eigenvalue weighted by Crippen LogP contribution is 2.39. The SMILES string of the molecule is CNc1c(F)cc2c(c1C#N)OCCC2.CNc1c(F)cc2c(c1C#N)OCCO2. The number of anilines is 2. The van der Waals surface area contributed by atoms with Crippen molar-refractivity contribution in [3.05, 3.63) is 40.5 Å². The number of nitrogens with zero attached hydrogens (tertiary/aromatic N) is 2. The van der Waals surface area contributed by atoms with Gasteiger partial charge >= 0.3 is 0 Å². The molecule has 0 aliphatic carbocycles. The lowest BCUT2D eigenvalue weighted by Crippen LogP contribution is -2.17. The molecule has 2 heterocycles. The second-order valence-electron chi connectivity index (χ2n) is 6.40. The second-order valence-corrected chi connectivity index (χ2v) is 6.40. The Morgan fingerprint density at radius 2 is 1.40 bits per heavy atom. The third-order valence-electron chi connectivity index (χ3n) is 4.65. The summed E-state index contributed by atoms with van der Waals surface area (Å²) in [6.45, 7) is 1.34. The monoisotopic (exact) mass is 414 g/mol. The van der Waals surface area contributed by atoms with Crippen LogP contribution in [-0.4, -0.2) is 33.9 Å². The molecule has 0 radical (unpaired) electrons. The minimum atomic E-state index is -0.515. The molecule has 0 unspecified atom stereocenters. The first-order chi connectivity index (χ1) is 14.5. The minimum absolute atomic E-state index is 0.141. The molecule has 2 N–H and O–H groups in total. The Bertz CT molecular complexity index is 961. The number of benzene rings is 2. The predicted molar refractivity (Wildman–Crippen MR) is 106 cm³/mol. The highest BCUT2D eigenvalue weighted by Gasteiger charge is 2.23. The van der Waals surface area contributed by atoms with Gasteiger partial charge in [0, 0.05) is 20.2 Å². The minimum Gasteiger partial charge on any atom is -0.492 e. The van der Waals surface area contributed by atoms with E-state index in [0.717, 1.165) is 18.4 Å². The maximum Gasteiger partial charge on any atom is 0.181 e. The fourth-order valence-corrected chi connectivity index (χ4v) is 3.33. The Balaban J connectivity index is 0.000000171. The van der Waals surface area contributed by atoms with Gasteiger partial charge in [0.1, 0.15) is 48.0 Å². The molecule has 0 amide bonds. The number of halogens is 2. The Hall–Kier alpha value is -3.72. The summed E-state index contributed by atoms with van der Waals surface area (Å²) in [5, 5.41) is 23.3. The number of rotatable bonds is 2. The predicted octanol–water partition coefficient (Wildman–Crippen LogP) is 3.57. The first-order valence-electron chi connectivity index (χ1n) is 9.31. The highest BCUT2D eigenvalue weighted by molar-refractivity contribution is 5.69. The Kier molecular flexibility index (Phi) is 6.43. The zero-order chi connectivity index (χ0) is 21.7. The number of fused-ring (bicyclic) bond motifs is 2. The van der Waals surface area contributed by atoms with Crippen LogP contribution in [0.2, 0.25) is 0 Å². The summed E-state index contributed by atoms with van der Waals surface area (Å²) in [6.07, 6.45) is 1.64. The third kappa shape index (κ3) is 3.87. The van der Waals surface area contributed by atoms with Gasteiger partial charge in [0.2, 0.25) is 0 Å². The zero-order valence-electron chi connectivity index (χ0n) is 16.6. The third-order valence-corrected chi connectivity index (χ3v) is 4.65. The van der Waals surface area contributed by atoms with Crippen molar-refractivity contribution in [3.8, 4) is 29.4 Å². The molecule has 0 saturated carbocycles. The van der Waals surface area contributed by atoms with E-state index in [9.17, 15) is 8.78 Å². The van der Waals surface area contributed by atoms with Gasteiger partial charge in [0.05, 0.1) is 18.0 Å². The van der Waals surface area contributed by atoms with Crippen molar-refractivity contribution < 1.29 is 23.0 Å². The topological polar surface area (TPSA) is 99.3 Å². The Morgan fingerprint density at radius 3 is 2.03 bits per heavy atom. The molecule has 2 aromatic rings. The molecular weight excluding hydrogens is 394 g/mol. The first kappa shape index (κ1) is 21.0.